The molecular weight excluding hydrogens is 211 g/mol. The van der Waals surface area contributed by atoms with Crippen molar-refractivity contribution in [1.29, 1.82) is 0 Å². The Kier molecular flexibility index (Phi) is 4.85. The van der Waals surface area contributed by atoms with Crippen LogP contribution in [0, 0.1) is 5.95 Å². The van der Waals surface area contributed by atoms with Crippen LogP contribution in [-0.2, 0) is 0 Å². The van der Waals surface area contributed by atoms with Crippen LogP contribution >= 0.6 is 0 Å². The molecule has 0 radical (unpaired) electrons. The Morgan fingerprint density at radius 3 is 2.94 bits per heavy atom. The molecule has 0 bridgehead atoms. The SMILES string of the molecule is CCCC(O)CNC(=O)c1ccc(F)nc1. The Balaban J connectivity index is 2.43. The van der Waals surface area contributed by atoms with Gasteiger partial charge in [-0.3, -0.25) is 4.79 Å². The number of aliphatic hydroxyl groups is 1. The summed E-state index contributed by atoms with van der Waals surface area (Å²) in [5.74, 6) is -0.981. The first-order valence-electron chi connectivity index (χ1n) is 5.21. The molecule has 1 heterocycles. The van der Waals surface area contributed by atoms with E-state index in [4.69, 9.17) is 0 Å². The Morgan fingerprint density at radius 1 is 1.62 bits per heavy atom. The molecule has 0 fully saturated rings. The van der Waals surface area contributed by atoms with Crippen molar-refractivity contribution >= 4 is 5.91 Å². The van der Waals surface area contributed by atoms with Gasteiger partial charge in [0.05, 0.1) is 11.7 Å². The average molecular weight is 226 g/mol. The summed E-state index contributed by atoms with van der Waals surface area (Å²) in [6.45, 7) is 2.15. The molecule has 1 rings (SSSR count). The first kappa shape index (κ1) is 12.6. The fourth-order valence-corrected chi connectivity index (χ4v) is 1.26. The van der Waals surface area contributed by atoms with Crippen LogP contribution in [0.15, 0.2) is 18.3 Å². The second-order valence-electron chi connectivity index (χ2n) is 3.52. The van der Waals surface area contributed by atoms with Crippen molar-refractivity contribution in [3.05, 3.63) is 29.8 Å². The molecular formula is C11H15FN2O2. The quantitative estimate of drug-likeness (QED) is 0.739. The predicted octanol–water partition coefficient (Wildman–Crippen LogP) is 1.11. The summed E-state index contributed by atoms with van der Waals surface area (Å²) in [7, 11) is 0. The topological polar surface area (TPSA) is 62.2 Å². The lowest BCUT2D eigenvalue weighted by atomic mass is 10.2. The molecule has 2 N–H and O–H groups in total. The first-order valence-corrected chi connectivity index (χ1v) is 5.21. The fraction of sp³-hybridized carbons (Fsp3) is 0.455. The zero-order valence-corrected chi connectivity index (χ0v) is 9.11. The minimum atomic E-state index is -0.623. The summed E-state index contributed by atoms with van der Waals surface area (Å²) in [5, 5.41) is 12.0. The summed E-state index contributed by atoms with van der Waals surface area (Å²) in [6.07, 6.45) is 2.12. The number of nitrogens with zero attached hydrogens (tertiary/aromatic N) is 1. The normalized spacial score (nSPS) is 12.2. The van der Waals surface area contributed by atoms with Gasteiger partial charge in [0.25, 0.3) is 5.91 Å². The molecule has 1 amide bonds. The van der Waals surface area contributed by atoms with Crippen LogP contribution in [0.4, 0.5) is 4.39 Å². The van der Waals surface area contributed by atoms with Gasteiger partial charge in [-0.25, -0.2) is 4.98 Å². The third-order valence-corrected chi connectivity index (χ3v) is 2.11. The van der Waals surface area contributed by atoms with Crippen molar-refractivity contribution in [3.8, 4) is 0 Å². The highest BCUT2D eigenvalue weighted by molar-refractivity contribution is 5.93. The van der Waals surface area contributed by atoms with Gasteiger partial charge in [-0.05, 0) is 18.6 Å². The van der Waals surface area contributed by atoms with Crippen LogP contribution in [0.3, 0.4) is 0 Å². The molecule has 0 saturated heterocycles. The highest BCUT2D eigenvalue weighted by Crippen LogP contribution is 1.99. The number of nitrogens with one attached hydrogen (secondary N) is 1. The summed E-state index contributed by atoms with van der Waals surface area (Å²) in [4.78, 5) is 14.9. The molecule has 88 valence electrons. The molecule has 0 spiro atoms. The third-order valence-electron chi connectivity index (χ3n) is 2.11. The molecule has 0 aliphatic rings. The number of carbonyl (C=O) groups is 1. The van der Waals surface area contributed by atoms with E-state index < -0.39 is 12.1 Å². The zero-order valence-electron chi connectivity index (χ0n) is 9.11. The zero-order chi connectivity index (χ0) is 12.0. The van der Waals surface area contributed by atoms with Crippen LogP contribution in [-0.4, -0.2) is 28.6 Å². The number of aliphatic hydroxyl groups excluding tert-OH is 1. The number of rotatable bonds is 5. The Bertz CT molecular complexity index is 340. The standard InChI is InChI=1S/C11H15FN2O2/c1-2-3-9(15)7-14-11(16)8-4-5-10(12)13-6-8/h4-6,9,15H,2-3,7H2,1H3,(H,14,16). The van der Waals surface area contributed by atoms with Crippen LogP contribution in [0.5, 0.6) is 0 Å². The summed E-state index contributed by atoms with van der Waals surface area (Å²) in [5.41, 5.74) is 0.282. The minimum Gasteiger partial charge on any atom is -0.391 e. The van der Waals surface area contributed by atoms with E-state index in [1.807, 2.05) is 6.92 Å². The molecule has 0 saturated carbocycles. The molecule has 0 aliphatic carbocycles. The number of hydrogen-bond donors (Lipinski definition) is 2. The number of amides is 1. The van der Waals surface area contributed by atoms with Gasteiger partial charge < -0.3 is 10.4 Å². The summed E-state index contributed by atoms with van der Waals surface area (Å²) < 4.78 is 12.5. The number of hydrogen-bond acceptors (Lipinski definition) is 3. The highest BCUT2D eigenvalue weighted by atomic mass is 19.1. The van der Waals surface area contributed by atoms with Crippen molar-refractivity contribution in [2.24, 2.45) is 0 Å². The molecule has 1 unspecified atom stereocenters. The number of carbonyl (C=O) groups excluding carboxylic acids is 1. The van der Waals surface area contributed by atoms with Gasteiger partial charge in [0, 0.05) is 12.7 Å². The molecule has 16 heavy (non-hydrogen) atoms. The van der Waals surface area contributed by atoms with Gasteiger partial charge in [-0.15, -0.1) is 0 Å². The lowest BCUT2D eigenvalue weighted by Crippen LogP contribution is -2.32. The van der Waals surface area contributed by atoms with Gasteiger partial charge in [-0.1, -0.05) is 13.3 Å². The van der Waals surface area contributed by atoms with E-state index >= 15 is 0 Å². The predicted molar refractivity (Wildman–Crippen MR) is 57.4 cm³/mol. The van der Waals surface area contributed by atoms with Crippen molar-refractivity contribution in [2.75, 3.05) is 6.54 Å². The fourth-order valence-electron chi connectivity index (χ4n) is 1.26. The van der Waals surface area contributed by atoms with Crippen molar-refractivity contribution < 1.29 is 14.3 Å². The third kappa shape index (κ3) is 3.94. The minimum absolute atomic E-state index is 0.198. The lowest BCUT2D eigenvalue weighted by molar-refractivity contribution is 0.0909. The number of aromatic nitrogens is 1. The summed E-state index contributed by atoms with van der Waals surface area (Å²) >= 11 is 0. The van der Waals surface area contributed by atoms with Gasteiger partial charge in [0.2, 0.25) is 5.95 Å². The maximum absolute atomic E-state index is 12.5. The van der Waals surface area contributed by atoms with E-state index in [1.165, 1.54) is 6.07 Å². The Morgan fingerprint density at radius 2 is 2.38 bits per heavy atom. The summed E-state index contributed by atoms with van der Waals surface area (Å²) in [6, 6.07) is 2.47. The average Bonchev–Trinajstić information content (AvgIpc) is 2.27. The van der Waals surface area contributed by atoms with Crippen molar-refractivity contribution in [2.45, 2.75) is 25.9 Å². The van der Waals surface area contributed by atoms with E-state index in [2.05, 4.69) is 10.3 Å². The van der Waals surface area contributed by atoms with E-state index in [9.17, 15) is 14.3 Å². The number of pyridine rings is 1. The molecule has 0 aliphatic heterocycles. The van der Waals surface area contributed by atoms with Crippen LogP contribution < -0.4 is 5.32 Å². The lowest BCUT2D eigenvalue weighted by Gasteiger charge is -2.10. The van der Waals surface area contributed by atoms with Gasteiger partial charge in [-0.2, -0.15) is 4.39 Å². The molecule has 1 aromatic rings. The van der Waals surface area contributed by atoms with Crippen molar-refractivity contribution in [1.82, 2.24) is 10.3 Å². The first-order chi connectivity index (χ1) is 7.63. The van der Waals surface area contributed by atoms with E-state index in [1.54, 1.807) is 0 Å². The maximum atomic E-state index is 12.5. The Hall–Kier alpha value is -1.49. The van der Waals surface area contributed by atoms with E-state index in [-0.39, 0.29) is 18.0 Å². The molecule has 5 heteroatoms. The van der Waals surface area contributed by atoms with Gasteiger partial charge in [0.15, 0.2) is 0 Å². The second-order valence-corrected chi connectivity index (χ2v) is 3.52. The molecule has 1 aromatic heterocycles. The second kappa shape index (κ2) is 6.17. The highest BCUT2D eigenvalue weighted by Gasteiger charge is 2.08. The van der Waals surface area contributed by atoms with Gasteiger partial charge >= 0.3 is 0 Å². The maximum Gasteiger partial charge on any atom is 0.252 e. The van der Waals surface area contributed by atoms with Crippen LogP contribution in [0.25, 0.3) is 0 Å². The van der Waals surface area contributed by atoms with Crippen LogP contribution in [0.1, 0.15) is 30.1 Å². The molecule has 0 aromatic carbocycles. The monoisotopic (exact) mass is 226 g/mol. The largest absolute Gasteiger partial charge is 0.391 e. The molecule has 1 atom stereocenters. The van der Waals surface area contributed by atoms with Crippen molar-refractivity contribution in [3.63, 3.8) is 0 Å². The number of halogens is 1. The van der Waals surface area contributed by atoms with Crippen LogP contribution in [0.2, 0.25) is 0 Å². The van der Waals surface area contributed by atoms with E-state index in [0.29, 0.717) is 6.42 Å². The smallest absolute Gasteiger partial charge is 0.252 e. The molecule has 4 nitrogen and oxygen atoms in total. The van der Waals surface area contributed by atoms with Gasteiger partial charge in [0.1, 0.15) is 0 Å². The Labute approximate surface area is 93.5 Å². The van der Waals surface area contributed by atoms with E-state index in [0.717, 1.165) is 18.7 Å².